The van der Waals surface area contributed by atoms with Gasteiger partial charge in [0.05, 0.1) is 5.41 Å². The summed E-state index contributed by atoms with van der Waals surface area (Å²) in [5.74, 6) is 0.551. The van der Waals surface area contributed by atoms with Crippen LogP contribution in [0, 0.1) is 5.92 Å². The predicted octanol–water partition coefficient (Wildman–Crippen LogP) is 3.54. The van der Waals surface area contributed by atoms with Crippen LogP contribution in [0.4, 0.5) is 5.69 Å². The number of fused-ring (bicyclic) bond motifs is 1. The zero-order chi connectivity index (χ0) is 14.2. The summed E-state index contributed by atoms with van der Waals surface area (Å²) in [6.07, 6.45) is 1.57. The van der Waals surface area contributed by atoms with E-state index in [1.165, 1.54) is 0 Å². The maximum atomic E-state index is 12.2. The topological polar surface area (TPSA) is 46.2 Å². The van der Waals surface area contributed by atoms with Crippen LogP contribution in [-0.4, -0.2) is 11.7 Å². The fourth-order valence-corrected chi connectivity index (χ4v) is 2.32. The lowest BCUT2D eigenvalue weighted by Crippen LogP contribution is -2.27. The second kappa shape index (κ2) is 4.80. The molecule has 3 nitrogen and oxygen atoms in total. The second-order valence-corrected chi connectivity index (χ2v) is 5.98. The highest BCUT2D eigenvalue weighted by molar-refractivity contribution is 6.07. The van der Waals surface area contributed by atoms with Crippen molar-refractivity contribution in [1.82, 2.24) is 0 Å². The first-order valence-electron chi connectivity index (χ1n) is 6.85. The highest BCUT2D eigenvalue weighted by Crippen LogP contribution is 2.37. The number of hydrogen-bond donors (Lipinski definition) is 1. The van der Waals surface area contributed by atoms with Gasteiger partial charge in [-0.25, -0.2) is 0 Å². The van der Waals surface area contributed by atoms with E-state index in [2.05, 4.69) is 19.2 Å². The molecule has 1 heterocycles. The van der Waals surface area contributed by atoms with Crippen molar-refractivity contribution in [2.75, 3.05) is 5.32 Å². The molecule has 1 aliphatic heterocycles. The summed E-state index contributed by atoms with van der Waals surface area (Å²) < 4.78 is 0. The van der Waals surface area contributed by atoms with Crippen molar-refractivity contribution >= 4 is 17.4 Å². The van der Waals surface area contributed by atoms with Crippen molar-refractivity contribution in [3.8, 4) is 0 Å². The second-order valence-electron chi connectivity index (χ2n) is 5.98. The number of anilines is 1. The summed E-state index contributed by atoms with van der Waals surface area (Å²) in [5, 5.41) is 2.86. The van der Waals surface area contributed by atoms with E-state index in [-0.39, 0.29) is 11.7 Å². The lowest BCUT2D eigenvalue weighted by molar-refractivity contribution is -0.119. The van der Waals surface area contributed by atoms with E-state index < -0.39 is 5.41 Å². The van der Waals surface area contributed by atoms with Gasteiger partial charge in [0.2, 0.25) is 5.91 Å². The Morgan fingerprint density at radius 1 is 1.37 bits per heavy atom. The smallest absolute Gasteiger partial charge is 0.234 e. The van der Waals surface area contributed by atoms with E-state index in [4.69, 9.17) is 0 Å². The molecule has 1 unspecified atom stereocenters. The van der Waals surface area contributed by atoms with Crippen molar-refractivity contribution in [2.45, 2.75) is 46.0 Å². The highest BCUT2D eigenvalue weighted by atomic mass is 16.2. The number of Topliss-reactive ketones (excluding diaryl/α,β-unsaturated/α-hetero) is 1. The molecular weight excluding hydrogens is 238 g/mol. The number of carbonyl (C=O) groups is 2. The molecule has 0 aromatic heterocycles. The van der Waals surface area contributed by atoms with E-state index in [1.807, 2.05) is 32.0 Å². The molecule has 2 rings (SSSR count). The van der Waals surface area contributed by atoms with Crippen molar-refractivity contribution in [2.24, 2.45) is 5.92 Å². The molecule has 19 heavy (non-hydrogen) atoms. The maximum Gasteiger partial charge on any atom is 0.234 e. The van der Waals surface area contributed by atoms with Crippen LogP contribution >= 0.6 is 0 Å². The number of nitrogens with one attached hydrogen (secondary N) is 1. The van der Waals surface area contributed by atoms with Gasteiger partial charge in [0, 0.05) is 17.7 Å². The van der Waals surface area contributed by atoms with Crippen LogP contribution in [0.1, 0.15) is 56.5 Å². The van der Waals surface area contributed by atoms with Gasteiger partial charge in [0.1, 0.15) is 0 Å². The first-order valence-corrected chi connectivity index (χ1v) is 6.85. The van der Waals surface area contributed by atoms with Gasteiger partial charge in [-0.2, -0.15) is 0 Å². The van der Waals surface area contributed by atoms with Crippen LogP contribution in [0.15, 0.2) is 18.2 Å². The molecule has 102 valence electrons. The van der Waals surface area contributed by atoms with Gasteiger partial charge >= 0.3 is 0 Å². The van der Waals surface area contributed by atoms with Crippen LogP contribution in [0.2, 0.25) is 0 Å². The van der Waals surface area contributed by atoms with Crippen LogP contribution < -0.4 is 5.32 Å². The minimum absolute atomic E-state index is 0.00553. The van der Waals surface area contributed by atoms with Gasteiger partial charge in [-0.3, -0.25) is 9.59 Å². The molecule has 1 N–H and O–H groups in total. The normalized spacial score (nSPS) is 17.8. The molecule has 0 saturated carbocycles. The van der Waals surface area contributed by atoms with Crippen molar-refractivity contribution in [3.63, 3.8) is 0 Å². The number of amides is 1. The first-order chi connectivity index (χ1) is 8.86. The minimum Gasteiger partial charge on any atom is -0.325 e. The first kappa shape index (κ1) is 13.8. The van der Waals surface area contributed by atoms with Crippen LogP contribution in [0.25, 0.3) is 0 Å². The monoisotopic (exact) mass is 259 g/mol. The Balaban J connectivity index is 2.30. The molecule has 3 heteroatoms. The van der Waals surface area contributed by atoms with E-state index in [0.717, 1.165) is 17.7 Å². The Morgan fingerprint density at radius 3 is 2.68 bits per heavy atom. The fourth-order valence-electron chi connectivity index (χ4n) is 2.32. The molecule has 1 atom stereocenters. The average molecular weight is 259 g/mol. The van der Waals surface area contributed by atoms with E-state index in [1.54, 1.807) is 0 Å². The quantitative estimate of drug-likeness (QED) is 0.841. The predicted molar refractivity (Wildman–Crippen MR) is 76.5 cm³/mol. The highest BCUT2D eigenvalue weighted by Gasteiger charge is 2.38. The molecule has 0 fully saturated rings. The van der Waals surface area contributed by atoms with Crippen molar-refractivity contribution in [3.05, 3.63) is 29.3 Å². The Bertz CT molecular complexity index is 532. The third-order valence-corrected chi connectivity index (χ3v) is 4.06. The van der Waals surface area contributed by atoms with E-state index in [9.17, 15) is 9.59 Å². The molecule has 1 aromatic carbocycles. The van der Waals surface area contributed by atoms with Gasteiger partial charge < -0.3 is 5.32 Å². The molecule has 1 aromatic rings. The largest absolute Gasteiger partial charge is 0.325 e. The molecule has 1 amide bonds. The Kier molecular flexibility index (Phi) is 3.48. The number of hydrogen-bond acceptors (Lipinski definition) is 2. The number of ketones is 1. The molecule has 0 bridgehead atoms. The summed E-state index contributed by atoms with van der Waals surface area (Å²) in [6.45, 7) is 7.95. The van der Waals surface area contributed by atoms with Crippen molar-refractivity contribution in [1.29, 1.82) is 0 Å². The summed E-state index contributed by atoms with van der Waals surface area (Å²) in [6, 6.07) is 5.52. The maximum absolute atomic E-state index is 12.2. The van der Waals surface area contributed by atoms with Gasteiger partial charge in [-0.15, -0.1) is 0 Å². The lowest BCUT2D eigenvalue weighted by Gasteiger charge is -2.16. The minimum atomic E-state index is -0.554. The number of benzene rings is 1. The molecular formula is C16H21NO2. The fraction of sp³-hybridized carbons (Fsp3) is 0.500. The third-order valence-electron chi connectivity index (χ3n) is 4.06. The lowest BCUT2D eigenvalue weighted by atomic mass is 9.84. The van der Waals surface area contributed by atoms with Gasteiger partial charge in [0.25, 0.3) is 0 Å². The zero-order valence-electron chi connectivity index (χ0n) is 12.0. The average Bonchev–Trinajstić information content (AvgIpc) is 2.60. The Hall–Kier alpha value is -1.64. The summed E-state index contributed by atoms with van der Waals surface area (Å²) >= 11 is 0. The standard InChI is InChI=1S/C16H21NO2/c1-5-10(2)8-14(18)11-6-7-13-12(9-11)16(3,4)15(19)17-13/h6-7,9-10H,5,8H2,1-4H3,(H,17,19). The zero-order valence-corrected chi connectivity index (χ0v) is 12.0. The summed E-state index contributed by atoms with van der Waals surface area (Å²) in [4.78, 5) is 24.1. The number of carbonyl (C=O) groups excluding carboxylic acids is 2. The van der Waals surface area contributed by atoms with Gasteiger partial charge in [0.15, 0.2) is 5.78 Å². The summed E-state index contributed by atoms with van der Waals surface area (Å²) in [7, 11) is 0. The third kappa shape index (κ3) is 2.42. The van der Waals surface area contributed by atoms with Crippen LogP contribution in [0.5, 0.6) is 0 Å². The Morgan fingerprint density at radius 2 is 2.05 bits per heavy atom. The molecule has 1 aliphatic rings. The molecule has 0 saturated heterocycles. The molecule has 0 radical (unpaired) electrons. The van der Waals surface area contributed by atoms with Gasteiger partial charge in [-0.1, -0.05) is 20.3 Å². The van der Waals surface area contributed by atoms with Crippen LogP contribution in [0.3, 0.4) is 0 Å². The SMILES string of the molecule is CCC(C)CC(=O)c1ccc2c(c1)C(C)(C)C(=O)N2. The molecule has 0 spiro atoms. The number of rotatable bonds is 4. The van der Waals surface area contributed by atoms with E-state index in [0.29, 0.717) is 17.9 Å². The Labute approximate surface area is 114 Å². The van der Waals surface area contributed by atoms with E-state index >= 15 is 0 Å². The van der Waals surface area contributed by atoms with Gasteiger partial charge in [-0.05, 0) is 43.5 Å². The molecule has 0 aliphatic carbocycles. The summed E-state index contributed by atoms with van der Waals surface area (Å²) in [5.41, 5.74) is 1.91. The van der Waals surface area contributed by atoms with Crippen molar-refractivity contribution < 1.29 is 9.59 Å². The van der Waals surface area contributed by atoms with Crippen LogP contribution in [-0.2, 0) is 10.2 Å².